The standard InChI is InChI=1S/C22H30N2O8S/c1-14(25)10-29-15(2)11-30-16(3)12-31-17(4)13-32-33(27,28)21-7-5-6-19-18(21)8-9-20(24-23)22(19)26/h5-9,14-17,25H,10-13H2,1-4H3/p+1. The van der Waals surface area contributed by atoms with Crippen LogP contribution in [0.25, 0.3) is 15.7 Å². The van der Waals surface area contributed by atoms with Gasteiger partial charge in [0.2, 0.25) is 11.1 Å². The molecule has 0 aliphatic rings. The van der Waals surface area contributed by atoms with Crippen molar-refractivity contribution in [3.8, 4) is 5.75 Å². The zero-order chi connectivity index (χ0) is 24.6. The Morgan fingerprint density at radius 1 is 0.879 bits per heavy atom. The van der Waals surface area contributed by atoms with Crippen LogP contribution in [0, 0.1) is 5.39 Å². The maximum absolute atomic E-state index is 12.8. The first-order valence-corrected chi connectivity index (χ1v) is 12.0. The lowest BCUT2D eigenvalue weighted by Gasteiger charge is -2.20. The fourth-order valence-electron chi connectivity index (χ4n) is 2.90. The monoisotopic (exact) mass is 483 g/mol. The van der Waals surface area contributed by atoms with Gasteiger partial charge in [0.25, 0.3) is 10.1 Å². The number of fused-ring (bicyclic) bond motifs is 1. The second kappa shape index (κ2) is 12.2. The van der Waals surface area contributed by atoms with E-state index in [0.29, 0.717) is 6.61 Å². The Kier molecular flexibility index (Phi) is 9.97. The molecule has 0 saturated heterocycles. The summed E-state index contributed by atoms with van der Waals surface area (Å²) in [5, 5.41) is 28.8. The summed E-state index contributed by atoms with van der Waals surface area (Å²) in [6, 6.07) is 7.09. The molecule has 182 valence electrons. The molecule has 11 heteroatoms. The molecular formula is C22H31N2O8S+. The molecule has 0 saturated carbocycles. The number of hydrogen-bond donors (Lipinski definition) is 2. The number of diazo groups is 1. The fourth-order valence-corrected chi connectivity index (χ4v) is 4.09. The van der Waals surface area contributed by atoms with Crippen molar-refractivity contribution in [1.29, 1.82) is 5.39 Å². The summed E-state index contributed by atoms with van der Waals surface area (Å²) in [6.45, 7) is 7.55. The summed E-state index contributed by atoms with van der Waals surface area (Å²) in [7, 11) is -4.14. The summed E-state index contributed by atoms with van der Waals surface area (Å²) >= 11 is 0. The number of aliphatic hydroxyl groups excluding tert-OH is 1. The van der Waals surface area contributed by atoms with Gasteiger partial charge < -0.3 is 24.4 Å². The third-order valence-electron chi connectivity index (χ3n) is 4.66. The van der Waals surface area contributed by atoms with Crippen LogP contribution in [0.15, 0.2) is 35.2 Å². The smallest absolute Gasteiger partial charge is 0.426 e. The Hall–Kier alpha value is -2.33. The Bertz CT molecular complexity index is 1070. The molecular weight excluding hydrogens is 452 g/mol. The van der Waals surface area contributed by atoms with Gasteiger partial charge in [0.05, 0.1) is 50.8 Å². The highest BCUT2D eigenvalue weighted by Crippen LogP contribution is 2.37. The van der Waals surface area contributed by atoms with Crippen molar-refractivity contribution in [1.82, 2.24) is 0 Å². The van der Waals surface area contributed by atoms with Crippen LogP contribution in [0.5, 0.6) is 5.75 Å². The highest BCUT2D eigenvalue weighted by molar-refractivity contribution is 7.87. The number of rotatable bonds is 13. The molecule has 2 aromatic carbocycles. The maximum atomic E-state index is 12.8. The van der Waals surface area contributed by atoms with E-state index >= 15 is 0 Å². The summed E-state index contributed by atoms with van der Waals surface area (Å²) in [6.07, 6.45) is -1.51. The Balaban J connectivity index is 1.89. The van der Waals surface area contributed by atoms with E-state index in [0.717, 1.165) is 0 Å². The van der Waals surface area contributed by atoms with E-state index in [9.17, 15) is 18.6 Å². The third-order valence-corrected chi connectivity index (χ3v) is 6.00. The molecule has 33 heavy (non-hydrogen) atoms. The molecule has 0 fully saturated rings. The van der Waals surface area contributed by atoms with Gasteiger partial charge in [-0.1, -0.05) is 12.1 Å². The van der Waals surface area contributed by atoms with E-state index in [1.54, 1.807) is 13.8 Å². The van der Waals surface area contributed by atoms with Gasteiger partial charge in [0.15, 0.2) is 4.98 Å². The summed E-state index contributed by atoms with van der Waals surface area (Å²) in [5.74, 6) is -0.330. The van der Waals surface area contributed by atoms with Crippen LogP contribution in [0.2, 0.25) is 0 Å². The highest BCUT2D eigenvalue weighted by Gasteiger charge is 2.24. The number of phenols is 1. The molecule has 4 atom stereocenters. The lowest BCUT2D eigenvalue weighted by molar-refractivity contribution is -0.0812. The lowest BCUT2D eigenvalue weighted by atomic mass is 10.1. The van der Waals surface area contributed by atoms with Gasteiger partial charge in [-0.25, -0.2) is 0 Å². The van der Waals surface area contributed by atoms with Gasteiger partial charge in [-0.15, -0.1) is 0 Å². The fraction of sp³-hybridized carbons (Fsp3) is 0.545. The second-order valence-electron chi connectivity index (χ2n) is 7.90. The Labute approximate surface area is 193 Å². The molecule has 0 aliphatic carbocycles. The third kappa shape index (κ3) is 7.89. The number of aromatic hydroxyl groups is 1. The minimum atomic E-state index is -4.14. The number of ether oxygens (including phenoxy) is 3. The molecule has 10 nitrogen and oxygen atoms in total. The molecule has 0 radical (unpaired) electrons. The van der Waals surface area contributed by atoms with Crippen LogP contribution in [0.3, 0.4) is 0 Å². The molecule has 2 rings (SSSR count). The first-order chi connectivity index (χ1) is 15.5. The van der Waals surface area contributed by atoms with E-state index in [-0.39, 0.29) is 59.1 Å². The molecule has 0 heterocycles. The maximum Gasteiger partial charge on any atom is 0.426 e. The normalized spacial score (nSPS) is 15.6. The van der Waals surface area contributed by atoms with Crippen molar-refractivity contribution in [3.63, 3.8) is 0 Å². The number of aliphatic hydroxyl groups is 1. The van der Waals surface area contributed by atoms with Crippen molar-refractivity contribution in [2.45, 2.75) is 57.0 Å². The quantitative estimate of drug-likeness (QED) is 0.324. The first-order valence-electron chi connectivity index (χ1n) is 10.6. The number of nitrogens with zero attached hydrogens (tertiary/aromatic N) is 2. The molecule has 0 aliphatic heterocycles. The average Bonchev–Trinajstić information content (AvgIpc) is 2.78. The van der Waals surface area contributed by atoms with E-state index < -0.39 is 22.3 Å². The van der Waals surface area contributed by atoms with Crippen LogP contribution in [0.4, 0.5) is 5.69 Å². The molecule has 0 aromatic heterocycles. The van der Waals surface area contributed by atoms with Crippen molar-refractivity contribution in [3.05, 3.63) is 35.3 Å². The summed E-state index contributed by atoms with van der Waals surface area (Å²) < 4.78 is 47.4. The summed E-state index contributed by atoms with van der Waals surface area (Å²) in [5.41, 5.74) is -0.0692. The van der Waals surface area contributed by atoms with Crippen LogP contribution in [-0.2, 0) is 28.5 Å². The number of hydrogen-bond acceptors (Lipinski definition) is 9. The largest absolute Gasteiger partial charge is 0.501 e. The van der Waals surface area contributed by atoms with Gasteiger partial charge in [-0.2, -0.15) is 8.42 Å². The minimum absolute atomic E-state index is 0.0692. The minimum Gasteiger partial charge on any atom is -0.501 e. The SMILES string of the molecule is CC(O)COC(C)COC(C)COC(C)COS(=O)(=O)c1cccc2c(O)c([N+]#N)ccc12. The van der Waals surface area contributed by atoms with Crippen molar-refractivity contribution >= 4 is 26.6 Å². The molecule has 0 amide bonds. The zero-order valence-electron chi connectivity index (χ0n) is 19.2. The Morgan fingerprint density at radius 2 is 1.45 bits per heavy atom. The summed E-state index contributed by atoms with van der Waals surface area (Å²) in [4.78, 5) is 2.85. The van der Waals surface area contributed by atoms with Crippen LogP contribution in [-0.4, -0.2) is 69.5 Å². The first kappa shape index (κ1) is 26.9. The van der Waals surface area contributed by atoms with E-state index in [1.807, 2.05) is 13.8 Å². The molecule has 0 bridgehead atoms. The predicted molar refractivity (Wildman–Crippen MR) is 121 cm³/mol. The van der Waals surface area contributed by atoms with Crippen molar-refractivity contribution in [2.75, 3.05) is 26.4 Å². The predicted octanol–water partition coefficient (Wildman–Crippen LogP) is 3.33. The van der Waals surface area contributed by atoms with Crippen LogP contribution < -0.4 is 0 Å². The molecule has 4 unspecified atom stereocenters. The average molecular weight is 484 g/mol. The lowest BCUT2D eigenvalue weighted by Crippen LogP contribution is -2.28. The van der Waals surface area contributed by atoms with E-state index in [2.05, 4.69) is 4.98 Å². The van der Waals surface area contributed by atoms with Crippen molar-refractivity contribution < 1.29 is 37.0 Å². The van der Waals surface area contributed by atoms with Gasteiger partial charge in [0, 0.05) is 16.8 Å². The van der Waals surface area contributed by atoms with E-state index in [1.165, 1.54) is 30.3 Å². The number of benzene rings is 2. The molecule has 2 N–H and O–H groups in total. The van der Waals surface area contributed by atoms with Crippen molar-refractivity contribution in [2.24, 2.45) is 0 Å². The van der Waals surface area contributed by atoms with Gasteiger partial charge >= 0.3 is 5.69 Å². The second-order valence-corrected chi connectivity index (χ2v) is 9.49. The molecule has 0 spiro atoms. The van der Waals surface area contributed by atoms with Gasteiger partial charge in [-0.05, 0) is 39.8 Å². The highest BCUT2D eigenvalue weighted by atomic mass is 32.2. The number of phenolic OH excluding ortho intramolecular Hbond substituents is 1. The zero-order valence-corrected chi connectivity index (χ0v) is 20.0. The molecule has 2 aromatic rings. The van der Waals surface area contributed by atoms with Gasteiger partial charge in [-0.3, -0.25) is 4.18 Å². The van der Waals surface area contributed by atoms with E-state index in [4.69, 9.17) is 23.8 Å². The Morgan fingerprint density at radius 3 is 2.03 bits per heavy atom. The van der Waals surface area contributed by atoms with Gasteiger partial charge in [0.1, 0.15) is 4.90 Å². The van der Waals surface area contributed by atoms with Crippen LogP contribution >= 0.6 is 0 Å². The van der Waals surface area contributed by atoms with Crippen LogP contribution in [0.1, 0.15) is 27.7 Å². The topological polar surface area (TPSA) is 140 Å².